The van der Waals surface area contributed by atoms with Gasteiger partial charge >= 0.3 is 0 Å². The van der Waals surface area contributed by atoms with Crippen molar-refractivity contribution in [3.63, 3.8) is 0 Å². The molecule has 0 radical (unpaired) electrons. The van der Waals surface area contributed by atoms with Crippen LogP contribution in [-0.2, 0) is 0 Å². The number of halogens is 2. The van der Waals surface area contributed by atoms with Gasteiger partial charge in [-0.15, -0.1) is 11.3 Å². The summed E-state index contributed by atoms with van der Waals surface area (Å²) in [5, 5.41) is 3.12. The monoisotopic (exact) mass is 281 g/mol. The lowest BCUT2D eigenvalue weighted by atomic mass is 10.00. The van der Waals surface area contributed by atoms with Gasteiger partial charge in [0.05, 0.1) is 6.04 Å². The van der Waals surface area contributed by atoms with Gasteiger partial charge < -0.3 is 5.32 Å². The molecule has 0 saturated heterocycles. The van der Waals surface area contributed by atoms with Crippen molar-refractivity contribution in [2.75, 3.05) is 7.05 Å². The van der Waals surface area contributed by atoms with Crippen LogP contribution in [0.5, 0.6) is 0 Å². The van der Waals surface area contributed by atoms with Crippen LogP contribution in [0.4, 0.5) is 8.78 Å². The summed E-state index contributed by atoms with van der Waals surface area (Å²) in [4.78, 5) is 2.26. The van der Waals surface area contributed by atoms with E-state index in [1.807, 2.05) is 13.8 Å². The van der Waals surface area contributed by atoms with Gasteiger partial charge in [-0.05, 0) is 51.1 Å². The largest absolute Gasteiger partial charge is 0.309 e. The summed E-state index contributed by atoms with van der Waals surface area (Å²) in [5.41, 5.74) is 2.08. The topological polar surface area (TPSA) is 12.0 Å². The minimum absolute atomic E-state index is 0.238. The lowest BCUT2D eigenvalue weighted by Crippen LogP contribution is -2.19. The second-order valence-electron chi connectivity index (χ2n) is 4.75. The first-order valence-electron chi connectivity index (χ1n) is 6.13. The SMILES string of the molecule is CNC(c1cc(C)c(F)cc1F)c1sc(C)cc1C. The fraction of sp³-hybridized carbons (Fsp3) is 0.333. The summed E-state index contributed by atoms with van der Waals surface area (Å²) in [6, 6.07) is 4.39. The van der Waals surface area contributed by atoms with Crippen LogP contribution in [0.2, 0.25) is 0 Å². The summed E-state index contributed by atoms with van der Waals surface area (Å²) >= 11 is 1.64. The molecule has 1 aromatic heterocycles. The van der Waals surface area contributed by atoms with E-state index in [2.05, 4.69) is 11.4 Å². The Morgan fingerprint density at radius 2 is 1.68 bits per heavy atom. The molecule has 0 spiro atoms. The van der Waals surface area contributed by atoms with Gasteiger partial charge in [0, 0.05) is 21.4 Å². The molecule has 1 nitrogen and oxygen atoms in total. The number of hydrogen-bond donors (Lipinski definition) is 1. The number of thiophene rings is 1. The molecular weight excluding hydrogens is 264 g/mol. The summed E-state index contributed by atoms with van der Waals surface area (Å²) in [6.07, 6.45) is 0. The van der Waals surface area contributed by atoms with Crippen molar-refractivity contribution in [1.29, 1.82) is 0 Å². The number of benzene rings is 1. The van der Waals surface area contributed by atoms with Crippen molar-refractivity contribution in [2.45, 2.75) is 26.8 Å². The minimum atomic E-state index is -0.507. The molecule has 0 bridgehead atoms. The summed E-state index contributed by atoms with van der Waals surface area (Å²) < 4.78 is 27.4. The molecule has 0 aliphatic carbocycles. The van der Waals surface area contributed by atoms with E-state index >= 15 is 0 Å². The van der Waals surface area contributed by atoms with Crippen LogP contribution >= 0.6 is 11.3 Å². The Morgan fingerprint density at radius 3 is 2.21 bits per heavy atom. The third kappa shape index (κ3) is 2.69. The van der Waals surface area contributed by atoms with Gasteiger partial charge in [-0.2, -0.15) is 0 Å². The van der Waals surface area contributed by atoms with Crippen LogP contribution in [0.25, 0.3) is 0 Å². The van der Waals surface area contributed by atoms with Crippen LogP contribution in [0.1, 0.15) is 32.5 Å². The Hall–Kier alpha value is -1.26. The van der Waals surface area contributed by atoms with E-state index in [0.29, 0.717) is 11.1 Å². The molecule has 2 rings (SSSR count). The minimum Gasteiger partial charge on any atom is -0.309 e. The van der Waals surface area contributed by atoms with Crippen molar-refractivity contribution >= 4 is 11.3 Å². The number of hydrogen-bond acceptors (Lipinski definition) is 2. The number of rotatable bonds is 3. The van der Waals surface area contributed by atoms with Gasteiger partial charge in [-0.3, -0.25) is 0 Å². The van der Waals surface area contributed by atoms with E-state index in [1.165, 1.54) is 4.88 Å². The summed E-state index contributed by atoms with van der Waals surface area (Å²) in [5.74, 6) is -1.01. The zero-order valence-electron chi connectivity index (χ0n) is 11.5. The maximum Gasteiger partial charge on any atom is 0.131 e. The van der Waals surface area contributed by atoms with Crippen molar-refractivity contribution in [3.8, 4) is 0 Å². The third-order valence-electron chi connectivity index (χ3n) is 3.22. The van der Waals surface area contributed by atoms with Crippen molar-refractivity contribution in [1.82, 2.24) is 5.32 Å². The first-order chi connectivity index (χ1) is 8.93. The van der Waals surface area contributed by atoms with Crippen LogP contribution in [0.3, 0.4) is 0 Å². The quantitative estimate of drug-likeness (QED) is 0.886. The maximum atomic E-state index is 14.0. The van der Waals surface area contributed by atoms with Gasteiger partial charge in [-0.25, -0.2) is 8.78 Å². The molecule has 19 heavy (non-hydrogen) atoms. The van der Waals surface area contributed by atoms with Crippen molar-refractivity contribution < 1.29 is 8.78 Å². The van der Waals surface area contributed by atoms with Crippen molar-refractivity contribution in [3.05, 3.63) is 56.3 Å². The third-order valence-corrected chi connectivity index (χ3v) is 4.44. The second-order valence-corrected chi connectivity index (χ2v) is 6.04. The molecule has 0 amide bonds. The second kappa shape index (κ2) is 5.39. The fourth-order valence-corrected chi connectivity index (χ4v) is 3.44. The van der Waals surface area contributed by atoms with Gasteiger partial charge in [0.2, 0.25) is 0 Å². The molecule has 102 valence electrons. The van der Waals surface area contributed by atoms with Crippen molar-refractivity contribution in [2.24, 2.45) is 0 Å². The Morgan fingerprint density at radius 1 is 1.00 bits per heavy atom. The van der Waals surface area contributed by atoms with E-state index in [1.54, 1.807) is 31.4 Å². The van der Waals surface area contributed by atoms with E-state index in [0.717, 1.165) is 16.5 Å². The highest BCUT2D eigenvalue weighted by molar-refractivity contribution is 7.12. The molecular formula is C15H17F2NS. The first kappa shape index (κ1) is 14.2. The highest BCUT2D eigenvalue weighted by atomic mass is 32.1. The lowest BCUT2D eigenvalue weighted by molar-refractivity contribution is 0.549. The normalized spacial score (nSPS) is 12.7. The molecule has 4 heteroatoms. The summed E-state index contributed by atoms with van der Waals surface area (Å²) in [7, 11) is 1.79. The average molecular weight is 281 g/mol. The van der Waals surface area contributed by atoms with Crippen LogP contribution in [0.15, 0.2) is 18.2 Å². The van der Waals surface area contributed by atoms with E-state index in [4.69, 9.17) is 0 Å². The van der Waals surface area contributed by atoms with Gasteiger partial charge in [0.15, 0.2) is 0 Å². The smallest absolute Gasteiger partial charge is 0.131 e. The Balaban J connectivity index is 2.54. The standard InChI is InChI=1S/C15H17F2NS/c1-8-6-11(13(17)7-12(8)16)14(18-4)15-9(2)5-10(3)19-15/h5-7,14,18H,1-4H3. The maximum absolute atomic E-state index is 14.0. The van der Waals surface area contributed by atoms with Gasteiger partial charge in [0.25, 0.3) is 0 Å². The van der Waals surface area contributed by atoms with Crippen LogP contribution in [0, 0.1) is 32.4 Å². The van der Waals surface area contributed by atoms with Crippen LogP contribution in [-0.4, -0.2) is 7.05 Å². The number of aryl methyl sites for hydroxylation is 3. The Bertz CT molecular complexity index is 604. The highest BCUT2D eigenvalue weighted by Crippen LogP contribution is 2.33. The van der Waals surface area contributed by atoms with E-state index in [9.17, 15) is 8.78 Å². The highest BCUT2D eigenvalue weighted by Gasteiger charge is 2.21. The number of nitrogens with one attached hydrogen (secondary N) is 1. The molecule has 2 aromatic rings. The molecule has 1 unspecified atom stereocenters. The predicted octanol–water partition coefficient (Wildman–Crippen LogP) is 4.26. The molecule has 0 aliphatic heterocycles. The molecule has 0 fully saturated rings. The predicted molar refractivity (Wildman–Crippen MR) is 75.8 cm³/mol. The Kier molecular flexibility index (Phi) is 4.02. The molecule has 1 aromatic carbocycles. The zero-order chi connectivity index (χ0) is 14.2. The van der Waals surface area contributed by atoms with Gasteiger partial charge in [-0.1, -0.05) is 0 Å². The molecule has 1 heterocycles. The van der Waals surface area contributed by atoms with Gasteiger partial charge in [0.1, 0.15) is 11.6 Å². The summed E-state index contributed by atoms with van der Waals surface area (Å²) in [6.45, 7) is 5.69. The molecule has 1 atom stereocenters. The first-order valence-corrected chi connectivity index (χ1v) is 6.95. The fourth-order valence-electron chi connectivity index (χ4n) is 2.27. The molecule has 0 aliphatic rings. The average Bonchev–Trinajstić information content (AvgIpc) is 2.66. The van der Waals surface area contributed by atoms with E-state index < -0.39 is 11.6 Å². The van der Waals surface area contributed by atoms with Crippen LogP contribution < -0.4 is 5.32 Å². The zero-order valence-corrected chi connectivity index (χ0v) is 12.3. The lowest BCUT2D eigenvalue weighted by Gasteiger charge is -2.18. The molecule has 0 saturated carbocycles. The molecule has 1 N–H and O–H groups in total. The van der Waals surface area contributed by atoms with E-state index in [-0.39, 0.29) is 6.04 Å². The Labute approximate surface area is 116 Å².